The molecule has 0 atom stereocenters. The molecule has 11 heteroatoms. The standard InChI is InChI=1S/C25H21ClN4O5S/c1-16-7-10-22(17(2)13-16)29-36(33,34)19-9-11-23(24(14-19)30(31)32)28-27-15-18-8-12-25(35-18)20-5-3-4-6-21(20)26/h3-15,28-29H,1-2H3/b27-15+. The van der Waals surface area contributed by atoms with E-state index in [1.165, 1.54) is 18.3 Å². The molecule has 0 radical (unpaired) electrons. The second kappa shape index (κ2) is 10.2. The lowest BCUT2D eigenvalue weighted by atomic mass is 10.1. The van der Waals surface area contributed by atoms with Crippen molar-refractivity contribution in [3.8, 4) is 11.3 Å². The highest BCUT2D eigenvalue weighted by atomic mass is 35.5. The Bertz CT molecular complexity index is 1580. The number of sulfonamides is 1. The van der Waals surface area contributed by atoms with Gasteiger partial charge < -0.3 is 4.42 Å². The van der Waals surface area contributed by atoms with Gasteiger partial charge in [0.2, 0.25) is 0 Å². The molecule has 1 heterocycles. The summed E-state index contributed by atoms with van der Waals surface area (Å²) in [5.74, 6) is 0.927. The largest absolute Gasteiger partial charge is 0.455 e. The number of hydrogen-bond acceptors (Lipinski definition) is 7. The lowest BCUT2D eigenvalue weighted by molar-refractivity contribution is -0.384. The summed E-state index contributed by atoms with van der Waals surface area (Å²) in [6.45, 7) is 3.67. The van der Waals surface area contributed by atoms with Crippen LogP contribution in [0.2, 0.25) is 5.02 Å². The number of nitro groups is 1. The molecule has 4 aromatic rings. The van der Waals surface area contributed by atoms with Crippen molar-refractivity contribution in [1.82, 2.24) is 0 Å². The Morgan fingerprint density at radius 1 is 1.00 bits per heavy atom. The highest BCUT2D eigenvalue weighted by Gasteiger charge is 2.22. The zero-order valence-electron chi connectivity index (χ0n) is 19.2. The molecule has 9 nitrogen and oxygen atoms in total. The van der Waals surface area contributed by atoms with Crippen LogP contribution >= 0.6 is 11.6 Å². The molecule has 0 aliphatic heterocycles. The Labute approximate surface area is 212 Å². The van der Waals surface area contributed by atoms with E-state index in [1.807, 2.05) is 31.2 Å². The van der Waals surface area contributed by atoms with Crippen LogP contribution in [0.3, 0.4) is 0 Å². The van der Waals surface area contributed by atoms with Gasteiger partial charge in [-0.05, 0) is 61.9 Å². The van der Waals surface area contributed by atoms with Crippen LogP contribution in [0, 0.1) is 24.0 Å². The number of rotatable bonds is 8. The molecular formula is C25H21ClN4O5S. The molecule has 0 aliphatic carbocycles. The molecule has 0 fully saturated rings. The molecular weight excluding hydrogens is 504 g/mol. The van der Waals surface area contributed by atoms with Gasteiger partial charge in [0.1, 0.15) is 17.2 Å². The molecule has 0 amide bonds. The van der Waals surface area contributed by atoms with E-state index in [2.05, 4.69) is 15.2 Å². The molecule has 1 aromatic heterocycles. The number of anilines is 2. The van der Waals surface area contributed by atoms with Gasteiger partial charge in [-0.25, -0.2) is 8.42 Å². The van der Waals surface area contributed by atoms with E-state index in [9.17, 15) is 18.5 Å². The first-order chi connectivity index (χ1) is 17.1. The van der Waals surface area contributed by atoms with Gasteiger partial charge >= 0.3 is 0 Å². The van der Waals surface area contributed by atoms with Gasteiger partial charge in [-0.2, -0.15) is 5.10 Å². The van der Waals surface area contributed by atoms with Gasteiger partial charge in [0.25, 0.3) is 15.7 Å². The third-order valence-electron chi connectivity index (χ3n) is 5.25. The van der Waals surface area contributed by atoms with Gasteiger partial charge in [-0.1, -0.05) is 41.4 Å². The number of furan rings is 1. The molecule has 3 aromatic carbocycles. The lowest BCUT2D eigenvalue weighted by Crippen LogP contribution is -2.14. The van der Waals surface area contributed by atoms with Crippen LogP contribution in [0.25, 0.3) is 11.3 Å². The van der Waals surface area contributed by atoms with Crippen molar-refractivity contribution >= 4 is 44.9 Å². The maximum atomic E-state index is 12.9. The minimum absolute atomic E-state index is 0.0135. The Kier molecular flexibility index (Phi) is 7.09. The molecule has 36 heavy (non-hydrogen) atoms. The van der Waals surface area contributed by atoms with Gasteiger partial charge in [0.15, 0.2) is 0 Å². The van der Waals surface area contributed by atoms with Crippen molar-refractivity contribution in [2.24, 2.45) is 5.10 Å². The minimum Gasteiger partial charge on any atom is -0.455 e. The summed E-state index contributed by atoms with van der Waals surface area (Å²) in [6.07, 6.45) is 1.34. The van der Waals surface area contributed by atoms with Crippen molar-refractivity contribution in [3.05, 3.63) is 105 Å². The predicted octanol–water partition coefficient (Wildman–Crippen LogP) is 6.37. The fourth-order valence-corrected chi connectivity index (χ4v) is 4.83. The van der Waals surface area contributed by atoms with E-state index < -0.39 is 20.6 Å². The number of nitrogens with zero attached hydrogens (tertiary/aromatic N) is 2. The number of halogens is 1. The zero-order chi connectivity index (χ0) is 25.9. The number of hydrogen-bond donors (Lipinski definition) is 2. The molecule has 0 aliphatic rings. The smallest absolute Gasteiger partial charge is 0.295 e. The molecule has 2 N–H and O–H groups in total. The number of nitrogens with one attached hydrogen (secondary N) is 2. The van der Waals surface area contributed by atoms with Crippen LogP contribution < -0.4 is 10.1 Å². The molecule has 0 saturated carbocycles. The van der Waals surface area contributed by atoms with E-state index in [4.69, 9.17) is 16.0 Å². The van der Waals surface area contributed by atoms with Gasteiger partial charge in [-0.15, -0.1) is 0 Å². The van der Waals surface area contributed by atoms with Crippen LogP contribution in [0.4, 0.5) is 17.1 Å². The molecule has 0 unspecified atom stereocenters. The van der Waals surface area contributed by atoms with Crippen LogP contribution in [0.5, 0.6) is 0 Å². The summed E-state index contributed by atoms with van der Waals surface area (Å²) in [5.41, 5.74) is 4.96. The topological polar surface area (TPSA) is 127 Å². The van der Waals surface area contributed by atoms with Crippen molar-refractivity contribution in [3.63, 3.8) is 0 Å². The highest BCUT2D eigenvalue weighted by molar-refractivity contribution is 7.92. The van der Waals surface area contributed by atoms with Crippen molar-refractivity contribution in [1.29, 1.82) is 0 Å². The molecule has 184 valence electrons. The monoisotopic (exact) mass is 524 g/mol. The fourth-order valence-electron chi connectivity index (χ4n) is 3.45. The second-order valence-electron chi connectivity index (χ2n) is 7.91. The van der Waals surface area contributed by atoms with Gasteiger partial charge in [-0.3, -0.25) is 20.3 Å². The molecule has 4 rings (SSSR count). The summed E-state index contributed by atoms with van der Waals surface area (Å²) >= 11 is 6.19. The van der Waals surface area contributed by atoms with Crippen LogP contribution in [0.1, 0.15) is 16.9 Å². The van der Waals surface area contributed by atoms with Crippen molar-refractivity contribution in [2.75, 3.05) is 10.1 Å². The SMILES string of the molecule is Cc1ccc(NS(=O)(=O)c2ccc(N/N=C/c3ccc(-c4ccccc4Cl)o3)c([N+](=O)[O-])c2)c(C)c1. The summed E-state index contributed by atoms with van der Waals surface area (Å²) in [7, 11) is -4.06. The van der Waals surface area contributed by atoms with E-state index in [-0.39, 0.29) is 10.6 Å². The summed E-state index contributed by atoms with van der Waals surface area (Å²) in [5, 5.41) is 16.2. The first kappa shape index (κ1) is 25.0. The Morgan fingerprint density at radius 2 is 1.75 bits per heavy atom. The van der Waals surface area contributed by atoms with Crippen LogP contribution in [-0.2, 0) is 10.0 Å². The number of nitro benzene ring substituents is 1. The van der Waals surface area contributed by atoms with Crippen LogP contribution in [0.15, 0.2) is 87.2 Å². The Balaban J connectivity index is 1.53. The number of benzene rings is 3. The normalized spacial score (nSPS) is 11.5. The molecule has 0 saturated heterocycles. The van der Waals surface area contributed by atoms with E-state index in [1.54, 1.807) is 37.3 Å². The highest BCUT2D eigenvalue weighted by Crippen LogP contribution is 2.30. The maximum absolute atomic E-state index is 12.9. The fraction of sp³-hybridized carbons (Fsp3) is 0.0800. The lowest BCUT2D eigenvalue weighted by Gasteiger charge is -2.12. The third kappa shape index (κ3) is 5.56. The Morgan fingerprint density at radius 3 is 2.47 bits per heavy atom. The Hall–Kier alpha value is -4.15. The van der Waals surface area contributed by atoms with Gasteiger partial charge in [0, 0.05) is 11.6 Å². The average molecular weight is 525 g/mol. The average Bonchev–Trinajstić information content (AvgIpc) is 3.30. The summed E-state index contributed by atoms with van der Waals surface area (Å²) < 4.78 is 33.9. The van der Waals surface area contributed by atoms with E-state index >= 15 is 0 Å². The quantitative estimate of drug-likeness (QED) is 0.156. The first-order valence-corrected chi connectivity index (χ1v) is 12.5. The van der Waals surface area contributed by atoms with E-state index in [0.717, 1.165) is 17.2 Å². The summed E-state index contributed by atoms with van der Waals surface area (Å²) in [4.78, 5) is 10.7. The third-order valence-corrected chi connectivity index (χ3v) is 6.94. The minimum atomic E-state index is -4.06. The number of aryl methyl sites for hydroxylation is 2. The second-order valence-corrected chi connectivity index (χ2v) is 10.0. The molecule has 0 bridgehead atoms. The molecule has 0 spiro atoms. The summed E-state index contributed by atoms with van der Waals surface area (Å²) in [6, 6.07) is 19.4. The van der Waals surface area contributed by atoms with Crippen LogP contribution in [-0.4, -0.2) is 19.6 Å². The predicted molar refractivity (Wildman–Crippen MR) is 140 cm³/mol. The maximum Gasteiger partial charge on any atom is 0.295 e. The van der Waals surface area contributed by atoms with Gasteiger partial charge in [0.05, 0.1) is 26.7 Å². The van der Waals surface area contributed by atoms with E-state index in [0.29, 0.717) is 27.8 Å². The van der Waals surface area contributed by atoms with Crippen molar-refractivity contribution in [2.45, 2.75) is 18.7 Å². The van der Waals surface area contributed by atoms with Crippen molar-refractivity contribution < 1.29 is 17.8 Å². The zero-order valence-corrected chi connectivity index (χ0v) is 20.8. The number of hydrazone groups is 1. The first-order valence-electron chi connectivity index (χ1n) is 10.7.